The van der Waals surface area contributed by atoms with Gasteiger partial charge in [-0.3, -0.25) is 9.69 Å². The molecule has 104 valence electrons. The lowest BCUT2D eigenvalue weighted by molar-refractivity contribution is -0.148. The summed E-state index contributed by atoms with van der Waals surface area (Å²) >= 11 is 0. The van der Waals surface area contributed by atoms with Gasteiger partial charge >= 0.3 is 5.97 Å². The van der Waals surface area contributed by atoms with Crippen LogP contribution in [-0.4, -0.2) is 42.1 Å². The number of hydrogen-bond donors (Lipinski definition) is 1. The first-order valence-electron chi connectivity index (χ1n) is 6.79. The van der Waals surface area contributed by atoms with Crippen molar-refractivity contribution in [2.45, 2.75) is 32.4 Å². The Kier molecular flexibility index (Phi) is 4.74. The molecule has 1 fully saturated rings. The highest BCUT2D eigenvalue weighted by Gasteiger charge is 2.31. The molecule has 0 saturated carbocycles. The van der Waals surface area contributed by atoms with Gasteiger partial charge in [-0.1, -0.05) is 6.07 Å². The number of hydrogen-bond acceptors (Lipinski definition) is 5. The molecule has 1 aliphatic rings. The van der Waals surface area contributed by atoms with Crippen LogP contribution in [0, 0.1) is 0 Å². The largest absolute Gasteiger partial charge is 0.465 e. The fourth-order valence-corrected chi connectivity index (χ4v) is 2.44. The molecule has 1 aromatic rings. The summed E-state index contributed by atoms with van der Waals surface area (Å²) in [6.45, 7) is 3.90. The van der Waals surface area contributed by atoms with E-state index in [-0.39, 0.29) is 12.0 Å². The smallest absolute Gasteiger partial charge is 0.323 e. The Hall–Kier alpha value is -1.62. The molecule has 0 aromatic carbocycles. The Morgan fingerprint density at radius 3 is 3.16 bits per heavy atom. The minimum absolute atomic E-state index is 0.107. The van der Waals surface area contributed by atoms with Gasteiger partial charge < -0.3 is 10.1 Å². The lowest BCUT2D eigenvalue weighted by atomic mass is 10.2. The van der Waals surface area contributed by atoms with Crippen LogP contribution >= 0.6 is 0 Å². The second-order valence-electron chi connectivity index (χ2n) is 4.64. The van der Waals surface area contributed by atoms with Crippen LogP contribution in [0.4, 0.5) is 5.82 Å². The van der Waals surface area contributed by atoms with E-state index >= 15 is 0 Å². The predicted octanol–water partition coefficient (Wildman–Crippen LogP) is 1.65. The molecule has 2 rings (SSSR count). The molecular formula is C14H21N3O2. The van der Waals surface area contributed by atoms with Gasteiger partial charge in [0.1, 0.15) is 11.9 Å². The fraction of sp³-hybridized carbons (Fsp3) is 0.571. The standard InChI is InChI=1S/C14H21N3O2/c1-3-19-14(18)12-7-5-9-17(12)10-11-6-4-8-13(15-2)16-11/h4,6,8,12H,3,5,7,9-10H2,1-2H3,(H,15,16). The summed E-state index contributed by atoms with van der Waals surface area (Å²) in [7, 11) is 1.85. The van der Waals surface area contributed by atoms with Crippen LogP contribution in [0.25, 0.3) is 0 Å². The molecule has 0 bridgehead atoms. The van der Waals surface area contributed by atoms with E-state index in [2.05, 4.69) is 15.2 Å². The number of pyridine rings is 1. The van der Waals surface area contributed by atoms with Gasteiger partial charge in [-0.15, -0.1) is 0 Å². The molecule has 5 heteroatoms. The SMILES string of the molecule is CCOC(=O)C1CCCN1Cc1cccc(NC)n1. The number of aromatic nitrogens is 1. The molecule has 1 atom stereocenters. The van der Waals surface area contributed by atoms with Gasteiger partial charge in [-0.2, -0.15) is 0 Å². The number of nitrogens with zero attached hydrogens (tertiary/aromatic N) is 2. The second-order valence-corrected chi connectivity index (χ2v) is 4.64. The average molecular weight is 263 g/mol. The van der Waals surface area contributed by atoms with Gasteiger partial charge in [0.2, 0.25) is 0 Å². The molecule has 5 nitrogen and oxygen atoms in total. The van der Waals surface area contributed by atoms with E-state index in [0.29, 0.717) is 13.2 Å². The maximum absolute atomic E-state index is 11.9. The normalized spacial score (nSPS) is 19.4. The Bertz CT molecular complexity index is 436. The predicted molar refractivity (Wildman–Crippen MR) is 73.8 cm³/mol. The molecule has 1 aliphatic heterocycles. The summed E-state index contributed by atoms with van der Waals surface area (Å²) in [5.41, 5.74) is 0.975. The van der Waals surface area contributed by atoms with Crippen LogP contribution < -0.4 is 5.32 Å². The van der Waals surface area contributed by atoms with Crippen LogP contribution in [0.15, 0.2) is 18.2 Å². The number of ether oxygens (including phenoxy) is 1. The highest BCUT2D eigenvalue weighted by Crippen LogP contribution is 2.21. The van der Waals surface area contributed by atoms with Crippen molar-refractivity contribution in [2.75, 3.05) is 25.5 Å². The third kappa shape index (κ3) is 3.44. The number of esters is 1. The minimum atomic E-state index is -0.111. The zero-order chi connectivity index (χ0) is 13.7. The first kappa shape index (κ1) is 13.8. The number of likely N-dealkylation sites (tertiary alicyclic amines) is 1. The second kappa shape index (κ2) is 6.52. The van der Waals surface area contributed by atoms with Gasteiger partial charge in [0, 0.05) is 13.6 Å². The van der Waals surface area contributed by atoms with Crippen LogP contribution in [-0.2, 0) is 16.1 Å². The number of carbonyl (C=O) groups is 1. The highest BCUT2D eigenvalue weighted by atomic mass is 16.5. The molecule has 19 heavy (non-hydrogen) atoms. The summed E-state index contributed by atoms with van der Waals surface area (Å²) in [6, 6.07) is 5.78. The lowest BCUT2D eigenvalue weighted by Gasteiger charge is -2.22. The van der Waals surface area contributed by atoms with E-state index in [9.17, 15) is 4.79 Å². The number of nitrogens with one attached hydrogen (secondary N) is 1. The molecular weight excluding hydrogens is 242 g/mol. The molecule has 0 amide bonds. The van der Waals surface area contributed by atoms with Gasteiger partial charge in [0.25, 0.3) is 0 Å². The van der Waals surface area contributed by atoms with Crippen molar-refractivity contribution in [1.29, 1.82) is 0 Å². The van der Waals surface area contributed by atoms with Crippen LogP contribution in [0.5, 0.6) is 0 Å². The molecule has 0 spiro atoms. The summed E-state index contributed by atoms with van der Waals surface area (Å²) in [5.74, 6) is 0.745. The number of carbonyl (C=O) groups excluding carboxylic acids is 1. The highest BCUT2D eigenvalue weighted by molar-refractivity contribution is 5.76. The van der Waals surface area contributed by atoms with Gasteiger partial charge in [-0.05, 0) is 38.4 Å². The Morgan fingerprint density at radius 1 is 1.58 bits per heavy atom. The van der Waals surface area contributed by atoms with E-state index in [1.54, 1.807) is 0 Å². The lowest BCUT2D eigenvalue weighted by Crippen LogP contribution is -2.37. The summed E-state index contributed by atoms with van der Waals surface area (Å²) in [5, 5.41) is 3.03. The zero-order valence-electron chi connectivity index (χ0n) is 11.6. The van der Waals surface area contributed by atoms with E-state index in [0.717, 1.165) is 30.9 Å². The first-order valence-corrected chi connectivity index (χ1v) is 6.79. The van der Waals surface area contributed by atoms with E-state index < -0.39 is 0 Å². The Balaban J connectivity index is 2.02. The van der Waals surface area contributed by atoms with Crippen LogP contribution in [0.2, 0.25) is 0 Å². The molecule has 0 aliphatic carbocycles. The van der Waals surface area contributed by atoms with Crippen LogP contribution in [0.3, 0.4) is 0 Å². The summed E-state index contributed by atoms with van der Waals surface area (Å²) in [4.78, 5) is 18.5. The van der Waals surface area contributed by atoms with Crippen molar-refractivity contribution in [3.05, 3.63) is 23.9 Å². The van der Waals surface area contributed by atoms with Gasteiger partial charge in [-0.25, -0.2) is 4.98 Å². The monoisotopic (exact) mass is 263 g/mol. The maximum Gasteiger partial charge on any atom is 0.323 e. The quantitative estimate of drug-likeness (QED) is 0.819. The number of rotatable bonds is 5. The van der Waals surface area contributed by atoms with Crippen molar-refractivity contribution < 1.29 is 9.53 Å². The summed E-state index contributed by atoms with van der Waals surface area (Å²) < 4.78 is 5.13. The zero-order valence-corrected chi connectivity index (χ0v) is 11.6. The van der Waals surface area contributed by atoms with Crippen molar-refractivity contribution in [1.82, 2.24) is 9.88 Å². The third-order valence-electron chi connectivity index (χ3n) is 3.35. The maximum atomic E-state index is 11.9. The molecule has 2 heterocycles. The fourth-order valence-electron chi connectivity index (χ4n) is 2.44. The Morgan fingerprint density at radius 2 is 2.42 bits per heavy atom. The molecule has 0 radical (unpaired) electrons. The summed E-state index contributed by atoms with van der Waals surface area (Å²) in [6.07, 6.45) is 1.92. The Labute approximate surface area is 114 Å². The number of anilines is 1. The first-order chi connectivity index (χ1) is 9.24. The van der Waals surface area contributed by atoms with E-state index in [1.165, 1.54) is 0 Å². The van der Waals surface area contributed by atoms with Gasteiger partial charge in [0.05, 0.1) is 12.3 Å². The van der Waals surface area contributed by atoms with E-state index in [4.69, 9.17) is 4.74 Å². The van der Waals surface area contributed by atoms with Crippen molar-refractivity contribution >= 4 is 11.8 Å². The molecule has 1 saturated heterocycles. The van der Waals surface area contributed by atoms with Gasteiger partial charge in [0.15, 0.2) is 0 Å². The van der Waals surface area contributed by atoms with E-state index in [1.807, 2.05) is 32.2 Å². The third-order valence-corrected chi connectivity index (χ3v) is 3.35. The molecule has 1 N–H and O–H groups in total. The average Bonchev–Trinajstić information content (AvgIpc) is 2.87. The van der Waals surface area contributed by atoms with Crippen molar-refractivity contribution in [3.63, 3.8) is 0 Å². The minimum Gasteiger partial charge on any atom is -0.465 e. The van der Waals surface area contributed by atoms with Crippen molar-refractivity contribution in [3.8, 4) is 0 Å². The topological polar surface area (TPSA) is 54.5 Å². The van der Waals surface area contributed by atoms with Crippen molar-refractivity contribution in [2.24, 2.45) is 0 Å². The molecule has 1 aromatic heterocycles. The van der Waals surface area contributed by atoms with Crippen LogP contribution in [0.1, 0.15) is 25.5 Å². The molecule has 1 unspecified atom stereocenters.